The molecule has 2 atom stereocenters. The van der Waals surface area contributed by atoms with E-state index in [9.17, 15) is 14.4 Å². The number of H-pyrrole nitrogens is 1. The van der Waals surface area contributed by atoms with Gasteiger partial charge in [-0.3, -0.25) is 14.4 Å². The van der Waals surface area contributed by atoms with Gasteiger partial charge in [-0.25, -0.2) is 0 Å². The molecule has 0 saturated heterocycles. The molecule has 1 aromatic rings. The predicted octanol–water partition coefficient (Wildman–Crippen LogP) is 0.263. The number of hydrogen-bond acceptors (Lipinski definition) is 3. The maximum Gasteiger partial charge on any atom is 0.260 e. The van der Waals surface area contributed by atoms with E-state index in [1.807, 2.05) is 0 Å². The highest BCUT2D eigenvalue weighted by atomic mass is 16.2. The van der Waals surface area contributed by atoms with Gasteiger partial charge < -0.3 is 15.6 Å². The first-order valence-corrected chi connectivity index (χ1v) is 6.34. The Morgan fingerprint density at radius 1 is 1.42 bits per heavy atom. The number of aromatic amines is 1. The molecule has 2 amide bonds. The van der Waals surface area contributed by atoms with Crippen LogP contribution in [0.5, 0.6) is 0 Å². The Balaban J connectivity index is 2.18. The van der Waals surface area contributed by atoms with Crippen molar-refractivity contribution in [3.05, 3.63) is 33.7 Å². The average molecular weight is 263 g/mol. The fourth-order valence-corrected chi connectivity index (χ4v) is 1.81. The van der Waals surface area contributed by atoms with Crippen LogP contribution in [0.3, 0.4) is 0 Å². The van der Waals surface area contributed by atoms with Crippen LogP contribution in [0.1, 0.15) is 41.0 Å². The van der Waals surface area contributed by atoms with Crippen LogP contribution in [0.2, 0.25) is 0 Å². The monoisotopic (exact) mass is 263 g/mol. The van der Waals surface area contributed by atoms with Gasteiger partial charge in [0.25, 0.3) is 17.4 Å². The Bertz CT molecular complexity index is 564. The molecule has 2 rings (SSSR count). The second kappa shape index (κ2) is 5.26. The summed E-state index contributed by atoms with van der Waals surface area (Å²) in [5, 5.41) is 5.38. The van der Waals surface area contributed by atoms with E-state index in [2.05, 4.69) is 22.5 Å². The number of carbonyl (C=O) groups is 2. The fourth-order valence-electron chi connectivity index (χ4n) is 1.81. The molecule has 3 N–H and O–H groups in total. The molecular formula is C13H17N3O3. The Hall–Kier alpha value is -2.11. The normalized spacial score (nSPS) is 20.7. The van der Waals surface area contributed by atoms with Crippen molar-refractivity contribution < 1.29 is 9.59 Å². The lowest BCUT2D eigenvalue weighted by Gasteiger charge is -2.06. The smallest absolute Gasteiger partial charge is 0.260 e. The van der Waals surface area contributed by atoms with E-state index in [1.54, 1.807) is 6.92 Å². The molecule has 0 radical (unpaired) electrons. The largest absolute Gasteiger partial charge is 0.352 e. The van der Waals surface area contributed by atoms with Crippen LogP contribution >= 0.6 is 0 Å². The summed E-state index contributed by atoms with van der Waals surface area (Å²) in [6.45, 7) is 4.24. The van der Waals surface area contributed by atoms with Crippen LogP contribution in [-0.4, -0.2) is 29.4 Å². The maximum atomic E-state index is 11.9. The summed E-state index contributed by atoms with van der Waals surface area (Å²) in [4.78, 5) is 37.5. The van der Waals surface area contributed by atoms with E-state index in [0.29, 0.717) is 18.0 Å². The minimum atomic E-state index is -0.498. The maximum absolute atomic E-state index is 11.9. The minimum absolute atomic E-state index is 0.0432. The second-order valence-electron chi connectivity index (χ2n) is 4.78. The number of pyridine rings is 1. The second-order valence-corrected chi connectivity index (χ2v) is 4.78. The standard InChI is InChI=1S/C13H17N3O3/c1-3-14-12(18)9-5-8(6-15-13(9)19)11(17)16-10-4-7(10)2/h5-7,10H,3-4H2,1-2H3,(H,14,18)(H,15,19)(H,16,17)/t7-,10-/m0/s1. The lowest BCUT2D eigenvalue weighted by atomic mass is 10.2. The van der Waals surface area contributed by atoms with Gasteiger partial charge in [-0.1, -0.05) is 6.92 Å². The predicted molar refractivity (Wildman–Crippen MR) is 70.1 cm³/mol. The van der Waals surface area contributed by atoms with Crippen molar-refractivity contribution in [3.63, 3.8) is 0 Å². The molecule has 102 valence electrons. The van der Waals surface area contributed by atoms with Crippen LogP contribution in [0.4, 0.5) is 0 Å². The van der Waals surface area contributed by atoms with E-state index in [0.717, 1.165) is 6.42 Å². The Labute approximate surface area is 110 Å². The van der Waals surface area contributed by atoms with Gasteiger partial charge in [-0.15, -0.1) is 0 Å². The van der Waals surface area contributed by atoms with E-state index >= 15 is 0 Å². The van der Waals surface area contributed by atoms with Crippen LogP contribution in [0.15, 0.2) is 17.1 Å². The average Bonchev–Trinajstić information content (AvgIpc) is 3.05. The molecule has 1 heterocycles. The zero-order valence-corrected chi connectivity index (χ0v) is 10.9. The number of hydrogen-bond donors (Lipinski definition) is 3. The summed E-state index contributed by atoms with van der Waals surface area (Å²) >= 11 is 0. The van der Waals surface area contributed by atoms with E-state index < -0.39 is 11.5 Å². The molecule has 0 spiro atoms. The summed E-state index contributed by atoms with van der Waals surface area (Å²) in [6, 6.07) is 1.53. The highest BCUT2D eigenvalue weighted by Crippen LogP contribution is 2.29. The summed E-state index contributed by atoms with van der Waals surface area (Å²) < 4.78 is 0. The summed E-state index contributed by atoms with van der Waals surface area (Å²) in [7, 11) is 0. The van der Waals surface area contributed by atoms with Crippen LogP contribution < -0.4 is 16.2 Å². The third kappa shape index (κ3) is 3.01. The molecule has 0 aromatic carbocycles. The van der Waals surface area contributed by atoms with Crippen LogP contribution in [-0.2, 0) is 0 Å². The summed E-state index contributed by atoms with van der Waals surface area (Å²) in [5.41, 5.74) is -0.249. The van der Waals surface area contributed by atoms with Crippen LogP contribution in [0, 0.1) is 5.92 Å². The topological polar surface area (TPSA) is 91.1 Å². The van der Waals surface area contributed by atoms with Crippen molar-refractivity contribution in [1.82, 2.24) is 15.6 Å². The Kier molecular flexibility index (Phi) is 3.69. The van der Waals surface area contributed by atoms with Gasteiger partial charge in [-0.2, -0.15) is 0 Å². The molecule has 1 aliphatic carbocycles. The summed E-state index contributed by atoms with van der Waals surface area (Å²) in [5.74, 6) is -0.246. The van der Waals surface area contributed by atoms with E-state index in [4.69, 9.17) is 0 Å². The molecule has 0 unspecified atom stereocenters. The first-order chi connectivity index (χ1) is 9.02. The number of rotatable bonds is 4. The number of amides is 2. The van der Waals surface area contributed by atoms with Crippen molar-refractivity contribution in [2.75, 3.05) is 6.54 Å². The first kappa shape index (κ1) is 13.3. The summed E-state index contributed by atoms with van der Waals surface area (Å²) in [6.07, 6.45) is 2.30. The van der Waals surface area contributed by atoms with Crippen molar-refractivity contribution in [2.45, 2.75) is 26.3 Å². The molecule has 1 aliphatic rings. The van der Waals surface area contributed by atoms with Gasteiger partial charge in [0.15, 0.2) is 0 Å². The fraction of sp³-hybridized carbons (Fsp3) is 0.462. The number of nitrogens with one attached hydrogen (secondary N) is 3. The SMILES string of the molecule is CCNC(=O)c1cc(C(=O)N[C@H]2C[C@@H]2C)c[nH]c1=O. The third-order valence-corrected chi connectivity index (χ3v) is 3.17. The molecule has 6 heteroatoms. The Morgan fingerprint density at radius 3 is 2.68 bits per heavy atom. The van der Waals surface area contributed by atoms with Gasteiger partial charge in [0.2, 0.25) is 0 Å². The molecule has 6 nitrogen and oxygen atoms in total. The third-order valence-electron chi connectivity index (χ3n) is 3.17. The number of carbonyl (C=O) groups excluding carboxylic acids is 2. The first-order valence-electron chi connectivity index (χ1n) is 6.34. The molecule has 1 fully saturated rings. The van der Waals surface area contributed by atoms with Crippen molar-refractivity contribution in [1.29, 1.82) is 0 Å². The molecule has 1 aromatic heterocycles. The van der Waals surface area contributed by atoms with Gasteiger partial charge in [0.05, 0.1) is 5.56 Å². The van der Waals surface area contributed by atoms with E-state index in [1.165, 1.54) is 12.3 Å². The van der Waals surface area contributed by atoms with Gasteiger partial charge >= 0.3 is 0 Å². The number of aromatic nitrogens is 1. The quantitative estimate of drug-likeness (QED) is 0.728. The van der Waals surface area contributed by atoms with Crippen molar-refractivity contribution >= 4 is 11.8 Å². The van der Waals surface area contributed by atoms with Gasteiger partial charge in [0, 0.05) is 18.8 Å². The zero-order valence-electron chi connectivity index (χ0n) is 10.9. The molecule has 0 bridgehead atoms. The lowest BCUT2D eigenvalue weighted by molar-refractivity contribution is 0.0949. The molecule has 1 saturated carbocycles. The van der Waals surface area contributed by atoms with Crippen molar-refractivity contribution in [3.8, 4) is 0 Å². The van der Waals surface area contributed by atoms with Gasteiger partial charge in [0.1, 0.15) is 5.56 Å². The van der Waals surface area contributed by atoms with Crippen molar-refractivity contribution in [2.24, 2.45) is 5.92 Å². The highest BCUT2D eigenvalue weighted by molar-refractivity contribution is 5.99. The lowest BCUT2D eigenvalue weighted by Crippen LogP contribution is -2.32. The van der Waals surface area contributed by atoms with Gasteiger partial charge in [-0.05, 0) is 25.3 Å². The zero-order chi connectivity index (χ0) is 14.0. The van der Waals surface area contributed by atoms with E-state index in [-0.39, 0.29) is 17.5 Å². The van der Waals surface area contributed by atoms with Crippen LogP contribution in [0.25, 0.3) is 0 Å². The highest BCUT2D eigenvalue weighted by Gasteiger charge is 2.34. The minimum Gasteiger partial charge on any atom is -0.352 e. The molecule has 19 heavy (non-hydrogen) atoms. The Morgan fingerprint density at radius 2 is 2.11 bits per heavy atom. The molecule has 0 aliphatic heterocycles. The molecular weight excluding hydrogens is 246 g/mol.